The summed E-state index contributed by atoms with van der Waals surface area (Å²) in [6.45, 7) is 6.65. The molecule has 32 heavy (non-hydrogen) atoms. The summed E-state index contributed by atoms with van der Waals surface area (Å²) in [4.78, 5) is 21.9. The van der Waals surface area contributed by atoms with Crippen molar-refractivity contribution in [2.24, 2.45) is 0 Å². The number of aromatic nitrogens is 5. The zero-order valence-electron chi connectivity index (χ0n) is 18.2. The molecule has 0 saturated carbocycles. The first kappa shape index (κ1) is 21.7. The molecule has 0 aliphatic carbocycles. The van der Waals surface area contributed by atoms with Gasteiger partial charge in [0.2, 0.25) is 5.91 Å². The van der Waals surface area contributed by atoms with Gasteiger partial charge in [-0.05, 0) is 43.5 Å². The van der Waals surface area contributed by atoms with Crippen molar-refractivity contribution in [3.63, 3.8) is 0 Å². The molecule has 4 aromatic rings. The molecule has 1 amide bonds. The fourth-order valence-corrected chi connectivity index (χ4v) is 4.44. The minimum absolute atomic E-state index is 0.110. The van der Waals surface area contributed by atoms with E-state index in [0.717, 1.165) is 22.4 Å². The predicted molar refractivity (Wildman–Crippen MR) is 126 cm³/mol. The van der Waals surface area contributed by atoms with Crippen molar-refractivity contribution in [2.75, 3.05) is 5.32 Å². The van der Waals surface area contributed by atoms with Gasteiger partial charge in [0.15, 0.2) is 11.0 Å². The highest BCUT2D eigenvalue weighted by Gasteiger charge is 2.26. The molecule has 0 fully saturated rings. The Morgan fingerprint density at radius 1 is 1.09 bits per heavy atom. The summed E-state index contributed by atoms with van der Waals surface area (Å²) in [5.41, 5.74) is 4.46. The standard InChI is InChI=1S/C24H24N6OS/c1-4-30-22(20-15-25-12-13-26-20)28-29-24(30)32-21(18-8-6-5-7-9-18)23(31)27-19-14-16(2)10-11-17(19)3/h5-15,21H,4H2,1-3H3,(H,27,31)/t21-/m0/s1. The molecule has 0 saturated heterocycles. The Morgan fingerprint density at radius 3 is 2.62 bits per heavy atom. The van der Waals surface area contributed by atoms with Gasteiger partial charge in [0, 0.05) is 24.6 Å². The Hall–Kier alpha value is -3.52. The Labute approximate surface area is 191 Å². The summed E-state index contributed by atoms with van der Waals surface area (Å²) in [6.07, 6.45) is 4.91. The number of aryl methyl sites for hydroxylation is 2. The number of hydrogen-bond acceptors (Lipinski definition) is 6. The minimum Gasteiger partial charge on any atom is -0.325 e. The zero-order chi connectivity index (χ0) is 22.5. The quantitative estimate of drug-likeness (QED) is 0.410. The molecule has 1 N–H and O–H groups in total. The second-order valence-corrected chi connectivity index (χ2v) is 8.43. The summed E-state index contributed by atoms with van der Waals surface area (Å²) in [5.74, 6) is 0.520. The largest absolute Gasteiger partial charge is 0.325 e. The van der Waals surface area contributed by atoms with E-state index in [1.165, 1.54) is 11.8 Å². The molecular weight excluding hydrogens is 420 g/mol. The number of hydrogen-bond donors (Lipinski definition) is 1. The Balaban J connectivity index is 1.67. The number of amides is 1. The number of benzene rings is 2. The number of thioether (sulfide) groups is 1. The van der Waals surface area contributed by atoms with Crippen molar-refractivity contribution in [1.82, 2.24) is 24.7 Å². The third-order valence-corrected chi connectivity index (χ3v) is 6.27. The lowest BCUT2D eigenvalue weighted by Crippen LogP contribution is -2.20. The maximum Gasteiger partial charge on any atom is 0.242 e. The molecule has 162 valence electrons. The average Bonchev–Trinajstić information content (AvgIpc) is 3.23. The highest BCUT2D eigenvalue weighted by Crippen LogP contribution is 2.37. The Morgan fingerprint density at radius 2 is 1.91 bits per heavy atom. The van der Waals surface area contributed by atoms with E-state index in [9.17, 15) is 4.79 Å². The van der Waals surface area contributed by atoms with E-state index in [0.29, 0.717) is 23.2 Å². The van der Waals surface area contributed by atoms with Crippen LogP contribution in [0.5, 0.6) is 0 Å². The van der Waals surface area contributed by atoms with Gasteiger partial charge in [-0.15, -0.1) is 10.2 Å². The van der Waals surface area contributed by atoms with Crippen LogP contribution in [0.25, 0.3) is 11.5 Å². The molecule has 0 spiro atoms. The van der Waals surface area contributed by atoms with Crippen molar-refractivity contribution in [3.05, 3.63) is 83.8 Å². The van der Waals surface area contributed by atoms with Crippen LogP contribution in [-0.4, -0.2) is 30.6 Å². The van der Waals surface area contributed by atoms with Gasteiger partial charge in [0.25, 0.3) is 0 Å². The molecule has 0 aliphatic heterocycles. The summed E-state index contributed by atoms with van der Waals surface area (Å²) in [6, 6.07) is 15.7. The Bertz CT molecular complexity index is 1210. The van der Waals surface area contributed by atoms with Gasteiger partial charge >= 0.3 is 0 Å². The van der Waals surface area contributed by atoms with E-state index in [1.54, 1.807) is 18.6 Å². The zero-order valence-corrected chi connectivity index (χ0v) is 19.0. The van der Waals surface area contributed by atoms with Gasteiger partial charge in [0.05, 0.1) is 6.20 Å². The number of nitrogens with zero attached hydrogens (tertiary/aromatic N) is 5. The summed E-state index contributed by atoms with van der Waals surface area (Å²) >= 11 is 1.38. The second kappa shape index (κ2) is 9.74. The molecule has 2 aromatic carbocycles. The van der Waals surface area contributed by atoms with Crippen LogP contribution in [0.1, 0.15) is 28.9 Å². The Kier molecular flexibility index (Phi) is 6.61. The molecule has 4 rings (SSSR count). The lowest BCUT2D eigenvalue weighted by atomic mass is 10.1. The SMILES string of the molecule is CCn1c(S[C@H](C(=O)Nc2cc(C)ccc2C)c2ccccc2)nnc1-c1cnccn1. The van der Waals surface area contributed by atoms with Crippen molar-refractivity contribution in [1.29, 1.82) is 0 Å². The highest BCUT2D eigenvalue weighted by atomic mass is 32.2. The van der Waals surface area contributed by atoms with Crippen LogP contribution in [0.4, 0.5) is 5.69 Å². The van der Waals surface area contributed by atoms with E-state index in [2.05, 4.69) is 25.5 Å². The van der Waals surface area contributed by atoms with E-state index in [-0.39, 0.29) is 5.91 Å². The molecule has 0 aliphatic rings. The number of carbonyl (C=O) groups excluding carboxylic acids is 1. The predicted octanol–water partition coefficient (Wildman–Crippen LogP) is 4.84. The van der Waals surface area contributed by atoms with Crippen molar-refractivity contribution < 1.29 is 4.79 Å². The smallest absolute Gasteiger partial charge is 0.242 e. The highest BCUT2D eigenvalue weighted by molar-refractivity contribution is 8.00. The summed E-state index contributed by atoms with van der Waals surface area (Å²) in [7, 11) is 0. The van der Waals surface area contributed by atoms with Crippen LogP contribution in [-0.2, 0) is 11.3 Å². The molecule has 1 atom stereocenters. The van der Waals surface area contributed by atoms with Crippen molar-refractivity contribution in [3.8, 4) is 11.5 Å². The van der Waals surface area contributed by atoms with Crippen LogP contribution in [0.3, 0.4) is 0 Å². The molecule has 8 heteroatoms. The monoisotopic (exact) mass is 444 g/mol. The van der Waals surface area contributed by atoms with Crippen LogP contribution >= 0.6 is 11.8 Å². The second-order valence-electron chi connectivity index (χ2n) is 7.36. The minimum atomic E-state index is -0.500. The molecule has 0 bridgehead atoms. The van der Waals surface area contributed by atoms with Crippen LogP contribution in [0.15, 0.2) is 72.3 Å². The fourth-order valence-electron chi connectivity index (χ4n) is 3.34. The molecule has 2 heterocycles. The molecule has 2 aromatic heterocycles. The van der Waals surface area contributed by atoms with Crippen LogP contribution in [0, 0.1) is 13.8 Å². The average molecular weight is 445 g/mol. The van der Waals surface area contributed by atoms with Gasteiger partial charge in [0.1, 0.15) is 10.9 Å². The van der Waals surface area contributed by atoms with Crippen LogP contribution in [0.2, 0.25) is 0 Å². The van der Waals surface area contributed by atoms with Gasteiger partial charge in [-0.2, -0.15) is 0 Å². The lowest BCUT2D eigenvalue weighted by molar-refractivity contribution is -0.115. The summed E-state index contributed by atoms with van der Waals surface area (Å²) in [5, 5.41) is 12.0. The first-order chi connectivity index (χ1) is 15.6. The summed E-state index contributed by atoms with van der Waals surface area (Å²) < 4.78 is 1.95. The lowest BCUT2D eigenvalue weighted by Gasteiger charge is -2.18. The maximum absolute atomic E-state index is 13.4. The molecule has 7 nitrogen and oxygen atoms in total. The topological polar surface area (TPSA) is 85.6 Å². The number of rotatable bonds is 7. The van der Waals surface area contributed by atoms with Crippen molar-refractivity contribution in [2.45, 2.75) is 37.7 Å². The van der Waals surface area contributed by atoms with Gasteiger partial charge < -0.3 is 9.88 Å². The van der Waals surface area contributed by atoms with Gasteiger partial charge in [-0.3, -0.25) is 9.78 Å². The molecule has 0 radical (unpaired) electrons. The van der Waals surface area contributed by atoms with Crippen LogP contribution < -0.4 is 5.32 Å². The molecule has 0 unspecified atom stereocenters. The van der Waals surface area contributed by atoms with E-state index < -0.39 is 5.25 Å². The van der Waals surface area contributed by atoms with Crippen molar-refractivity contribution >= 4 is 23.4 Å². The van der Waals surface area contributed by atoms with Gasteiger partial charge in [-0.25, -0.2) is 4.98 Å². The number of carbonyl (C=O) groups is 1. The normalized spacial score (nSPS) is 11.8. The number of anilines is 1. The maximum atomic E-state index is 13.4. The van der Waals surface area contributed by atoms with Gasteiger partial charge in [-0.1, -0.05) is 54.2 Å². The van der Waals surface area contributed by atoms with E-state index >= 15 is 0 Å². The van der Waals surface area contributed by atoms with E-state index in [1.807, 2.05) is 73.9 Å². The first-order valence-corrected chi connectivity index (χ1v) is 11.2. The fraction of sp³-hybridized carbons (Fsp3) is 0.208. The first-order valence-electron chi connectivity index (χ1n) is 10.4. The third-order valence-electron chi connectivity index (χ3n) is 5.04. The number of nitrogens with one attached hydrogen (secondary N) is 1. The third kappa shape index (κ3) is 4.70. The molecular formula is C24H24N6OS. The van der Waals surface area contributed by atoms with E-state index in [4.69, 9.17) is 0 Å².